The molecule has 0 saturated carbocycles. The predicted octanol–water partition coefficient (Wildman–Crippen LogP) is 3.02. The molecule has 1 heterocycles. The first kappa shape index (κ1) is 21.4. The molecular formula is C20H23ClN2O5S. The van der Waals surface area contributed by atoms with E-state index in [1.165, 1.54) is 32.3 Å². The quantitative estimate of drug-likeness (QED) is 0.692. The van der Waals surface area contributed by atoms with Crippen LogP contribution in [0.2, 0.25) is 5.02 Å². The van der Waals surface area contributed by atoms with E-state index in [0.29, 0.717) is 31.3 Å². The van der Waals surface area contributed by atoms with Gasteiger partial charge in [0.2, 0.25) is 10.0 Å². The molecular weight excluding hydrogens is 416 g/mol. The van der Waals surface area contributed by atoms with Crippen LogP contribution in [0, 0.1) is 0 Å². The lowest BCUT2D eigenvalue weighted by molar-refractivity contribution is 0.0749. The maximum atomic E-state index is 13.2. The first-order valence-electron chi connectivity index (χ1n) is 9.14. The number of halogens is 1. The molecule has 0 aromatic heterocycles. The molecule has 0 spiro atoms. The van der Waals surface area contributed by atoms with Gasteiger partial charge in [-0.1, -0.05) is 23.7 Å². The van der Waals surface area contributed by atoms with Crippen molar-refractivity contribution in [2.24, 2.45) is 0 Å². The molecule has 0 atom stereocenters. The summed E-state index contributed by atoms with van der Waals surface area (Å²) in [6, 6.07) is 9.69. The van der Waals surface area contributed by atoms with Gasteiger partial charge in [-0.2, -0.15) is 0 Å². The number of carbonyl (C=O) groups excluding carboxylic acids is 1. The van der Waals surface area contributed by atoms with Crippen molar-refractivity contribution in [3.63, 3.8) is 0 Å². The fourth-order valence-electron chi connectivity index (χ4n) is 3.00. The van der Waals surface area contributed by atoms with Gasteiger partial charge in [-0.15, -0.1) is 0 Å². The standard InChI is InChI=1S/C20H23ClN2O5S/c1-4-23(13-14-6-5-7-18-19(14)28-11-10-27-18)20(24)16-12-15(8-9-17(16)21)29(25,26)22(2)3/h5-9,12H,4,10-11,13H2,1-3H3. The molecule has 0 unspecified atom stereocenters. The van der Waals surface area contributed by atoms with Crippen LogP contribution in [0.4, 0.5) is 0 Å². The monoisotopic (exact) mass is 438 g/mol. The molecule has 1 amide bonds. The molecule has 7 nitrogen and oxygen atoms in total. The van der Waals surface area contributed by atoms with Gasteiger partial charge in [0.15, 0.2) is 11.5 Å². The van der Waals surface area contributed by atoms with Crippen LogP contribution in [0.1, 0.15) is 22.8 Å². The fourth-order valence-corrected chi connectivity index (χ4v) is 4.13. The van der Waals surface area contributed by atoms with Gasteiger partial charge in [0.05, 0.1) is 15.5 Å². The average Bonchev–Trinajstić information content (AvgIpc) is 2.71. The highest BCUT2D eigenvalue weighted by Gasteiger charge is 2.25. The van der Waals surface area contributed by atoms with Gasteiger partial charge in [0.25, 0.3) is 5.91 Å². The fraction of sp³-hybridized carbons (Fsp3) is 0.350. The van der Waals surface area contributed by atoms with Crippen LogP contribution < -0.4 is 9.47 Å². The summed E-state index contributed by atoms with van der Waals surface area (Å²) in [7, 11) is -0.816. The van der Waals surface area contributed by atoms with E-state index in [4.69, 9.17) is 21.1 Å². The topological polar surface area (TPSA) is 76.1 Å². The molecule has 29 heavy (non-hydrogen) atoms. The zero-order chi connectivity index (χ0) is 21.2. The molecule has 0 bridgehead atoms. The van der Waals surface area contributed by atoms with Crippen LogP contribution in [-0.2, 0) is 16.6 Å². The third-order valence-corrected chi connectivity index (χ3v) is 6.77. The summed E-state index contributed by atoms with van der Waals surface area (Å²) in [6.07, 6.45) is 0. The summed E-state index contributed by atoms with van der Waals surface area (Å²) in [5.74, 6) is 0.914. The number of nitrogens with zero attached hydrogens (tertiary/aromatic N) is 2. The van der Waals surface area contributed by atoms with E-state index < -0.39 is 10.0 Å². The zero-order valence-electron chi connectivity index (χ0n) is 16.5. The van der Waals surface area contributed by atoms with Crippen molar-refractivity contribution in [1.29, 1.82) is 0 Å². The first-order chi connectivity index (χ1) is 13.8. The Bertz CT molecular complexity index is 1020. The molecule has 0 aliphatic carbocycles. The highest BCUT2D eigenvalue weighted by molar-refractivity contribution is 7.89. The molecule has 3 rings (SSSR count). The van der Waals surface area contributed by atoms with Crippen LogP contribution in [0.5, 0.6) is 11.5 Å². The van der Waals surface area contributed by atoms with Crippen LogP contribution >= 0.6 is 11.6 Å². The number of ether oxygens (including phenoxy) is 2. The minimum Gasteiger partial charge on any atom is -0.486 e. The first-order valence-corrected chi connectivity index (χ1v) is 11.0. The third-order valence-electron chi connectivity index (χ3n) is 4.62. The van der Waals surface area contributed by atoms with Crippen molar-refractivity contribution in [2.75, 3.05) is 33.9 Å². The molecule has 0 fully saturated rings. The highest BCUT2D eigenvalue weighted by atomic mass is 35.5. The Balaban J connectivity index is 1.93. The molecule has 1 aliphatic heterocycles. The number of sulfonamides is 1. The molecule has 0 radical (unpaired) electrons. The zero-order valence-corrected chi connectivity index (χ0v) is 18.1. The molecule has 0 N–H and O–H groups in total. The molecule has 2 aromatic carbocycles. The summed E-state index contributed by atoms with van der Waals surface area (Å²) < 4.78 is 37.3. The van der Waals surface area contributed by atoms with E-state index in [2.05, 4.69) is 0 Å². The van der Waals surface area contributed by atoms with Gasteiger partial charge < -0.3 is 14.4 Å². The van der Waals surface area contributed by atoms with Crippen LogP contribution in [-0.4, -0.2) is 57.4 Å². The van der Waals surface area contributed by atoms with E-state index in [9.17, 15) is 13.2 Å². The van der Waals surface area contributed by atoms with Crippen molar-refractivity contribution in [3.8, 4) is 11.5 Å². The number of fused-ring (bicyclic) bond motifs is 1. The Kier molecular flexibility index (Phi) is 6.36. The van der Waals surface area contributed by atoms with Gasteiger partial charge in [-0.05, 0) is 31.2 Å². The van der Waals surface area contributed by atoms with Crippen molar-refractivity contribution < 1.29 is 22.7 Å². The minimum atomic E-state index is -3.69. The minimum absolute atomic E-state index is 0.0140. The highest BCUT2D eigenvalue weighted by Crippen LogP contribution is 2.34. The SMILES string of the molecule is CCN(Cc1cccc2c1OCCO2)C(=O)c1cc(S(=O)(=O)N(C)C)ccc1Cl. The summed E-state index contributed by atoms with van der Waals surface area (Å²) in [5, 5.41) is 0.195. The Morgan fingerprint density at radius 3 is 2.55 bits per heavy atom. The smallest absolute Gasteiger partial charge is 0.255 e. The van der Waals surface area contributed by atoms with Crippen molar-refractivity contribution in [1.82, 2.24) is 9.21 Å². The normalized spacial score (nSPS) is 13.4. The van der Waals surface area contributed by atoms with Gasteiger partial charge in [0, 0.05) is 32.7 Å². The maximum absolute atomic E-state index is 13.2. The predicted molar refractivity (Wildman–Crippen MR) is 110 cm³/mol. The lowest BCUT2D eigenvalue weighted by atomic mass is 10.1. The van der Waals surface area contributed by atoms with Crippen LogP contribution in [0.3, 0.4) is 0 Å². The lowest BCUT2D eigenvalue weighted by Gasteiger charge is -2.26. The van der Waals surface area contributed by atoms with Gasteiger partial charge in [-0.25, -0.2) is 12.7 Å². The van der Waals surface area contributed by atoms with E-state index in [1.54, 1.807) is 4.90 Å². The van der Waals surface area contributed by atoms with Gasteiger partial charge in [-0.3, -0.25) is 4.79 Å². The maximum Gasteiger partial charge on any atom is 0.255 e. The van der Waals surface area contributed by atoms with E-state index in [-0.39, 0.29) is 27.9 Å². The van der Waals surface area contributed by atoms with Crippen molar-refractivity contribution in [3.05, 3.63) is 52.5 Å². The second-order valence-corrected chi connectivity index (χ2v) is 9.25. The Morgan fingerprint density at radius 1 is 1.14 bits per heavy atom. The number of para-hydroxylation sites is 1. The number of rotatable bonds is 6. The van der Waals surface area contributed by atoms with E-state index in [1.807, 2.05) is 25.1 Å². The third kappa shape index (κ3) is 4.34. The number of hydrogen-bond acceptors (Lipinski definition) is 5. The van der Waals surface area contributed by atoms with Crippen LogP contribution in [0.25, 0.3) is 0 Å². The van der Waals surface area contributed by atoms with E-state index in [0.717, 1.165) is 9.87 Å². The number of carbonyl (C=O) groups is 1. The average molecular weight is 439 g/mol. The van der Waals surface area contributed by atoms with Crippen LogP contribution in [0.15, 0.2) is 41.3 Å². The number of benzene rings is 2. The van der Waals surface area contributed by atoms with Gasteiger partial charge >= 0.3 is 0 Å². The molecule has 156 valence electrons. The van der Waals surface area contributed by atoms with Crippen molar-refractivity contribution >= 4 is 27.5 Å². The number of amides is 1. The lowest BCUT2D eigenvalue weighted by Crippen LogP contribution is -2.31. The Morgan fingerprint density at radius 2 is 1.86 bits per heavy atom. The molecule has 0 saturated heterocycles. The van der Waals surface area contributed by atoms with Crippen molar-refractivity contribution in [2.45, 2.75) is 18.4 Å². The Labute approximate surface area is 175 Å². The van der Waals surface area contributed by atoms with E-state index >= 15 is 0 Å². The molecule has 1 aliphatic rings. The molecule has 9 heteroatoms. The summed E-state index contributed by atoms with van der Waals surface area (Å²) >= 11 is 6.24. The second-order valence-electron chi connectivity index (χ2n) is 6.69. The molecule has 2 aromatic rings. The number of hydrogen-bond donors (Lipinski definition) is 0. The summed E-state index contributed by atoms with van der Waals surface area (Å²) in [4.78, 5) is 14.8. The Hall–Kier alpha value is -2.29. The van der Waals surface area contributed by atoms with Gasteiger partial charge in [0.1, 0.15) is 13.2 Å². The largest absolute Gasteiger partial charge is 0.486 e. The second kappa shape index (κ2) is 8.61. The summed E-state index contributed by atoms with van der Waals surface area (Å²) in [5.41, 5.74) is 0.948. The summed E-state index contributed by atoms with van der Waals surface area (Å²) in [6.45, 7) is 3.46.